The Morgan fingerprint density at radius 2 is 2.10 bits per heavy atom. The number of carboxylic acid groups (broad SMARTS) is 1. The molecule has 1 atom stereocenters. The smallest absolute Gasteiger partial charge is 0.308 e. The van der Waals surface area contributed by atoms with Crippen LogP contribution in [0.15, 0.2) is 42.7 Å². The molecule has 154 valence electrons. The van der Waals surface area contributed by atoms with Crippen LogP contribution in [-0.2, 0) is 4.79 Å². The van der Waals surface area contributed by atoms with Gasteiger partial charge in [-0.15, -0.1) is 0 Å². The highest BCUT2D eigenvalue weighted by Crippen LogP contribution is 2.33. The first kappa shape index (κ1) is 20.0. The van der Waals surface area contributed by atoms with Gasteiger partial charge in [0, 0.05) is 31.0 Å². The Balaban J connectivity index is 1.51. The third kappa shape index (κ3) is 4.46. The summed E-state index contributed by atoms with van der Waals surface area (Å²) in [5.74, 6) is 0.0292. The fourth-order valence-corrected chi connectivity index (χ4v) is 4.29. The monoisotopic (exact) mass is 423 g/mol. The predicted octanol–water partition coefficient (Wildman–Crippen LogP) is 3.85. The second-order valence-corrected chi connectivity index (χ2v) is 8.16. The van der Waals surface area contributed by atoms with E-state index in [9.17, 15) is 14.7 Å². The number of hydrogen-bond donors (Lipinski definition) is 2. The zero-order valence-electron chi connectivity index (χ0n) is 16.4. The van der Waals surface area contributed by atoms with E-state index in [4.69, 9.17) is 0 Å². The van der Waals surface area contributed by atoms with Crippen LogP contribution in [0.1, 0.15) is 30.1 Å². The third-order valence-corrected chi connectivity index (χ3v) is 6.04. The topological polar surface area (TPSA) is 108 Å². The Kier molecular flexibility index (Phi) is 5.71. The lowest BCUT2D eigenvalue weighted by Crippen LogP contribution is -2.38. The molecule has 3 aromatic rings. The lowest BCUT2D eigenvalue weighted by atomic mass is 9.99. The number of thiazole rings is 1. The highest BCUT2D eigenvalue weighted by Gasteiger charge is 2.27. The normalized spacial score (nSPS) is 16.3. The van der Waals surface area contributed by atoms with Crippen LogP contribution in [0, 0.1) is 5.92 Å². The SMILES string of the molecule is CC(=O)c1ccnc(Nc2cccc(-c3cnc(N4CCC[C@@H](C(=O)O)C4)s3)n2)c1. The zero-order chi connectivity index (χ0) is 21.1. The highest BCUT2D eigenvalue weighted by molar-refractivity contribution is 7.18. The average molecular weight is 423 g/mol. The predicted molar refractivity (Wildman–Crippen MR) is 115 cm³/mol. The number of aliphatic carboxylic acids is 1. The van der Waals surface area contributed by atoms with E-state index in [-0.39, 0.29) is 11.7 Å². The van der Waals surface area contributed by atoms with E-state index in [0.29, 0.717) is 30.2 Å². The molecule has 0 unspecified atom stereocenters. The Labute approximate surface area is 177 Å². The number of Topliss-reactive ketones (excluding diaryl/α,β-unsaturated/α-hetero) is 1. The van der Waals surface area contributed by atoms with Gasteiger partial charge >= 0.3 is 5.97 Å². The van der Waals surface area contributed by atoms with Crippen molar-refractivity contribution in [3.05, 3.63) is 48.3 Å². The quantitative estimate of drug-likeness (QED) is 0.576. The number of carbonyl (C=O) groups is 2. The zero-order valence-corrected chi connectivity index (χ0v) is 17.2. The van der Waals surface area contributed by atoms with Gasteiger partial charge in [-0.25, -0.2) is 15.0 Å². The van der Waals surface area contributed by atoms with Gasteiger partial charge < -0.3 is 15.3 Å². The largest absolute Gasteiger partial charge is 0.481 e. The minimum atomic E-state index is -0.751. The summed E-state index contributed by atoms with van der Waals surface area (Å²) in [6, 6.07) is 8.98. The first-order valence-corrected chi connectivity index (χ1v) is 10.5. The Hall–Kier alpha value is -3.33. The van der Waals surface area contributed by atoms with Crippen LogP contribution >= 0.6 is 11.3 Å². The van der Waals surface area contributed by atoms with Crippen LogP contribution in [0.2, 0.25) is 0 Å². The first-order chi connectivity index (χ1) is 14.5. The first-order valence-electron chi connectivity index (χ1n) is 9.64. The number of piperidine rings is 1. The average Bonchev–Trinajstić information content (AvgIpc) is 3.25. The summed E-state index contributed by atoms with van der Waals surface area (Å²) in [4.78, 5) is 39.2. The minimum Gasteiger partial charge on any atom is -0.481 e. The van der Waals surface area contributed by atoms with E-state index in [1.807, 2.05) is 23.1 Å². The summed E-state index contributed by atoms with van der Waals surface area (Å²) < 4.78 is 0. The molecule has 0 bridgehead atoms. The molecule has 4 heterocycles. The van der Waals surface area contributed by atoms with E-state index >= 15 is 0 Å². The van der Waals surface area contributed by atoms with Gasteiger partial charge in [0.1, 0.15) is 11.6 Å². The van der Waals surface area contributed by atoms with Crippen molar-refractivity contribution in [1.29, 1.82) is 0 Å². The maximum Gasteiger partial charge on any atom is 0.308 e. The maximum absolute atomic E-state index is 11.6. The van der Waals surface area contributed by atoms with Gasteiger partial charge in [0.15, 0.2) is 10.9 Å². The van der Waals surface area contributed by atoms with Crippen LogP contribution in [0.25, 0.3) is 10.6 Å². The van der Waals surface area contributed by atoms with E-state index in [0.717, 1.165) is 28.7 Å². The van der Waals surface area contributed by atoms with Crippen LogP contribution in [-0.4, -0.2) is 44.9 Å². The molecule has 1 aliphatic rings. The summed E-state index contributed by atoms with van der Waals surface area (Å²) in [7, 11) is 0. The van der Waals surface area contributed by atoms with Gasteiger partial charge in [0.25, 0.3) is 0 Å². The summed E-state index contributed by atoms with van der Waals surface area (Å²) >= 11 is 1.50. The molecular weight excluding hydrogens is 402 g/mol. The second-order valence-electron chi connectivity index (χ2n) is 7.15. The van der Waals surface area contributed by atoms with Crippen LogP contribution in [0.3, 0.4) is 0 Å². The van der Waals surface area contributed by atoms with Crippen molar-refractivity contribution in [2.75, 3.05) is 23.3 Å². The van der Waals surface area contributed by atoms with Crippen molar-refractivity contribution in [1.82, 2.24) is 15.0 Å². The second kappa shape index (κ2) is 8.58. The molecule has 0 spiro atoms. The van der Waals surface area contributed by atoms with Crippen molar-refractivity contribution < 1.29 is 14.7 Å². The van der Waals surface area contributed by atoms with Crippen molar-refractivity contribution in [3.8, 4) is 10.6 Å². The molecule has 0 aliphatic carbocycles. The van der Waals surface area contributed by atoms with Crippen molar-refractivity contribution in [3.63, 3.8) is 0 Å². The van der Waals surface area contributed by atoms with Crippen LogP contribution in [0.4, 0.5) is 16.8 Å². The molecule has 0 saturated carbocycles. The lowest BCUT2D eigenvalue weighted by Gasteiger charge is -2.30. The highest BCUT2D eigenvalue weighted by atomic mass is 32.1. The molecule has 1 aliphatic heterocycles. The minimum absolute atomic E-state index is 0.0257. The van der Waals surface area contributed by atoms with Gasteiger partial charge in [0.05, 0.1) is 16.5 Å². The number of hydrogen-bond acceptors (Lipinski definition) is 8. The molecular formula is C21H21N5O3S. The fourth-order valence-electron chi connectivity index (χ4n) is 3.37. The van der Waals surface area contributed by atoms with E-state index in [2.05, 4.69) is 20.3 Å². The summed E-state index contributed by atoms with van der Waals surface area (Å²) in [6.07, 6.45) is 4.90. The lowest BCUT2D eigenvalue weighted by molar-refractivity contribution is -0.141. The molecule has 4 rings (SSSR count). The fraction of sp³-hybridized carbons (Fsp3) is 0.286. The number of aromatic nitrogens is 3. The van der Waals surface area contributed by atoms with Crippen LogP contribution in [0.5, 0.6) is 0 Å². The van der Waals surface area contributed by atoms with Crippen molar-refractivity contribution in [2.24, 2.45) is 5.92 Å². The van der Waals surface area contributed by atoms with Gasteiger partial charge in [-0.3, -0.25) is 9.59 Å². The van der Waals surface area contributed by atoms with Gasteiger partial charge in [0.2, 0.25) is 0 Å². The van der Waals surface area contributed by atoms with Gasteiger partial charge in [-0.2, -0.15) is 0 Å². The molecule has 0 amide bonds. The molecule has 0 radical (unpaired) electrons. The number of nitrogens with zero attached hydrogens (tertiary/aromatic N) is 4. The Morgan fingerprint density at radius 1 is 1.23 bits per heavy atom. The summed E-state index contributed by atoms with van der Waals surface area (Å²) in [5, 5.41) is 13.2. The molecule has 2 N–H and O–H groups in total. The van der Waals surface area contributed by atoms with Crippen molar-refractivity contribution >= 4 is 39.9 Å². The maximum atomic E-state index is 11.6. The van der Waals surface area contributed by atoms with Crippen LogP contribution < -0.4 is 10.2 Å². The Morgan fingerprint density at radius 3 is 2.90 bits per heavy atom. The molecule has 8 nitrogen and oxygen atoms in total. The van der Waals surface area contributed by atoms with Gasteiger partial charge in [-0.1, -0.05) is 17.4 Å². The summed E-state index contributed by atoms with van der Waals surface area (Å²) in [5.41, 5.74) is 1.34. The molecule has 1 fully saturated rings. The summed E-state index contributed by atoms with van der Waals surface area (Å²) in [6.45, 7) is 2.81. The molecule has 0 aromatic carbocycles. The number of anilines is 3. The standard InChI is InChI=1S/C21H21N5O3S/c1-13(27)14-7-8-22-19(10-14)25-18-6-2-5-16(24-18)17-11-23-21(30-17)26-9-3-4-15(12-26)20(28)29/h2,5-8,10-11,15H,3-4,9,12H2,1H3,(H,28,29)(H,22,24,25)/t15-/m1/s1. The van der Waals surface area contributed by atoms with Crippen molar-refractivity contribution in [2.45, 2.75) is 19.8 Å². The molecule has 3 aromatic heterocycles. The van der Waals surface area contributed by atoms with E-state index in [1.165, 1.54) is 18.3 Å². The molecule has 1 saturated heterocycles. The number of nitrogens with one attached hydrogen (secondary N) is 1. The van der Waals surface area contributed by atoms with Gasteiger partial charge in [-0.05, 0) is 44.0 Å². The molecule has 9 heteroatoms. The number of rotatable bonds is 6. The van der Waals surface area contributed by atoms with E-state index < -0.39 is 5.97 Å². The molecule has 30 heavy (non-hydrogen) atoms. The Bertz CT molecular complexity index is 1080. The number of carbonyl (C=O) groups excluding carboxylic acids is 1. The number of ketones is 1. The number of carboxylic acids is 1. The van der Waals surface area contributed by atoms with E-state index in [1.54, 1.807) is 24.5 Å². The third-order valence-electron chi connectivity index (χ3n) is 4.96. The number of pyridine rings is 2.